The molecular weight excluding hydrogens is 246 g/mol. The van der Waals surface area contributed by atoms with Crippen LogP contribution in [-0.4, -0.2) is 8.42 Å². The number of rotatable bonds is 2. The Morgan fingerprint density at radius 2 is 1.75 bits per heavy atom. The molecular formula is C6H6BrNO3S. The van der Waals surface area contributed by atoms with Gasteiger partial charge in [-0.2, -0.15) is 0 Å². The average molecular weight is 252 g/mol. The van der Waals surface area contributed by atoms with E-state index in [0.29, 0.717) is 5.75 Å². The highest BCUT2D eigenvalue weighted by Gasteiger charge is 2.06. The summed E-state index contributed by atoms with van der Waals surface area (Å²) >= 11 is 2.75. The zero-order valence-electron chi connectivity index (χ0n) is 5.90. The van der Waals surface area contributed by atoms with E-state index in [1.54, 1.807) is 0 Å². The Kier molecular flexibility index (Phi) is 2.71. The predicted molar refractivity (Wildman–Crippen MR) is 47.4 cm³/mol. The second-order valence-electron chi connectivity index (χ2n) is 2.09. The van der Waals surface area contributed by atoms with Crippen LogP contribution < -0.4 is 8.97 Å². The van der Waals surface area contributed by atoms with Gasteiger partial charge in [0.05, 0.1) is 4.90 Å². The first-order chi connectivity index (χ1) is 5.54. The van der Waals surface area contributed by atoms with E-state index in [1.165, 1.54) is 24.3 Å². The van der Waals surface area contributed by atoms with E-state index in [4.69, 9.17) is 5.14 Å². The summed E-state index contributed by atoms with van der Waals surface area (Å²) in [6.45, 7) is 0. The first-order valence-corrected chi connectivity index (χ1v) is 5.15. The molecule has 0 saturated carbocycles. The normalized spacial score (nSPS) is 11.2. The summed E-state index contributed by atoms with van der Waals surface area (Å²) in [6, 6.07) is 5.72. The standard InChI is InChI=1S/C6H6BrNO3S/c7-11-5-1-3-6(4-2-5)12(8,9)10/h1-4H,(H2,8,9,10). The molecule has 6 heteroatoms. The van der Waals surface area contributed by atoms with Crippen LogP contribution in [0, 0.1) is 0 Å². The molecule has 0 aliphatic rings. The maximum absolute atomic E-state index is 10.8. The SMILES string of the molecule is NS(=O)(=O)c1ccc(OBr)cc1. The van der Waals surface area contributed by atoms with Gasteiger partial charge in [-0.15, -0.1) is 0 Å². The first kappa shape index (κ1) is 9.50. The van der Waals surface area contributed by atoms with Crippen LogP contribution in [0.1, 0.15) is 0 Å². The third kappa shape index (κ3) is 2.20. The molecule has 0 atom stereocenters. The monoisotopic (exact) mass is 251 g/mol. The van der Waals surface area contributed by atoms with E-state index in [1.807, 2.05) is 0 Å². The van der Waals surface area contributed by atoms with Gasteiger partial charge in [-0.1, -0.05) is 0 Å². The third-order valence-corrected chi connectivity index (χ3v) is 2.54. The number of hydrogen-bond acceptors (Lipinski definition) is 3. The van der Waals surface area contributed by atoms with Gasteiger partial charge in [0.2, 0.25) is 10.0 Å². The Labute approximate surface area is 78.8 Å². The highest BCUT2D eigenvalue weighted by atomic mass is 79.9. The number of hydrogen-bond donors (Lipinski definition) is 1. The maximum atomic E-state index is 10.8. The van der Waals surface area contributed by atoms with E-state index in [-0.39, 0.29) is 4.90 Å². The predicted octanol–water partition coefficient (Wildman–Crippen LogP) is 1.02. The molecule has 1 aromatic rings. The highest BCUT2D eigenvalue weighted by Crippen LogP contribution is 2.15. The van der Waals surface area contributed by atoms with Gasteiger partial charge < -0.3 is 3.83 Å². The molecule has 0 aromatic heterocycles. The molecule has 0 radical (unpaired) electrons. The zero-order chi connectivity index (χ0) is 9.19. The van der Waals surface area contributed by atoms with Crippen molar-refractivity contribution >= 4 is 26.3 Å². The Morgan fingerprint density at radius 1 is 1.25 bits per heavy atom. The van der Waals surface area contributed by atoms with Gasteiger partial charge in [0.25, 0.3) is 0 Å². The summed E-state index contributed by atoms with van der Waals surface area (Å²) < 4.78 is 26.2. The number of nitrogens with two attached hydrogens (primary N) is 1. The Hall–Kier alpha value is -0.590. The lowest BCUT2D eigenvalue weighted by molar-refractivity contribution is 0.597. The fourth-order valence-electron chi connectivity index (χ4n) is 0.681. The number of sulfonamides is 1. The molecule has 12 heavy (non-hydrogen) atoms. The molecule has 2 N–H and O–H groups in total. The van der Waals surface area contributed by atoms with Gasteiger partial charge in [0, 0.05) is 0 Å². The largest absolute Gasteiger partial charge is 0.418 e. The molecule has 4 nitrogen and oxygen atoms in total. The van der Waals surface area contributed by atoms with Crippen molar-refractivity contribution in [2.75, 3.05) is 0 Å². The van der Waals surface area contributed by atoms with Crippen LogP contribution in [0.25, 0.3) is 0 Å². The Bertz CT molecular complexity index is 359. The average Bonchev–Trinajstić information content (AvgIpc) is 2.03. The molecule has 0 heterocycles. The Morgan fingerprint density at radius 3 is 2.08 bits per heavy atom. The number of benzene rings is 1. The van der Waals surface area contributed by atoms with Gasteiger partial charge in [0.15, 0.2) is 16.3 Å². The van der Waals surface area contributed by atoms with E-state index in [9.17, 15) is 8.42 Å². The van der Waals surface area contributed by atoms with Crippen molar-refractivity contribution in [1.82, 2.24) is 0 Å². The zero-order valence-corrected chi connectivity index (χ0v) is 8.30. The molecule has 0 bridgehead atoms. The lowest BCUT2D eigenvalue weighted by atomic mass is 10.3. The summed E-state index contributed by atoms with van der Waals surface area (Å²) in [5.74, 6) is 0.516. The fraction of sp³-hybridized carbons (Fsp3) is 0. The second-order valence-corrected chi connectivity index (χ2v) is 3.98. The number of primary sulfonamides is 1. The van der Waals surface area contributed by atoms with Crippen LogP contribution in [0.3, 0.4) is 0 Å². The lowest BCUT2D eigenvalue weighted by Gasteiger charge is -1.98. The van der Waals surface area contributed by atoms with Gasteiger partial charge in [-0.05, 0) is 24.3 Å². The first-order valence-electron chi connectivity index (χ1n) is 2.95. The van der Waals surface area contributed by atoms with Crippen molar-refractivity contribution in [2.24, 2.45) is 5.14 Å². The van der Waals surface area contributed by atoms with Crippen LogP contribution in [-0.2, 0) is 10.0 Å². The fourth-order valence-corrected chi connectivity index (χ4v) is 1.41. The molecule has 0 fully saturated rings. The van der Waals surface area contributed by atoms with Crippen LogP contribution in [0.4, 0.5) is 0 Å². The highest BCUT2D eigenvalue weighted by molar-refractivity contribution is 9.06. The summed E-state index contributed by atoms with van der Waals surface area (Å²) in [5.41, 5.74) is 0. The summed E-state index contributed by atoms with van der Waals surface area (Å²) in [5, 5.41) is 4.87. The van der Waals surface area contributed by atoms with Crippen molar-refractivity contribution in [3.8, 4) is 5.75 Å². The van der Waals surface area contributed by atoms with Crippen molar-refractivity contribution in [3.63, 3.8) is 0 Å². The van der Waals surface area contributed by atoms with Gasteiger partial charge in [-0.25, -0.2) is 13.6 Å². The van der Waals surface area contributed by atoms with Crippen LogP contribution in [0.15, 0.2) is 29.2 Å². The number of halogens is 1. The molecule has 1 rings (SSSR count). The molecule has 1 aromatic carbocycles. The van der Waals surface area contributed by atoms with Gasteiger partial charge in [-0.3, -0.25) is 0 Å². The quantitative estimate of drug-likeness (QED) is 0.854. The van der Waals surface area contributed by atoms with Gasteiger partial charge in [0.1, 0.15) is 5.75 Å². The van der Waals surface area contributed by atoms with E-state index in [0.717, 1.165) is 0 Å². The van der Waals surface area contributed by atoms with Crippen molar-refractivity contribution in [1.29, 1.82) is 0 Å². The van der Waals surface area contributed by atoms with Crippen molar-refractivity contribution in [3.05, 3.63) is 24.3 Å². The lowest BCUT2D eigenvalue weighted by Crippen LogP contribution is -2.11. The third-order valence-electron chi connectivity index (χ3n) is 1.24. The molecule has 0 unspecified atom stereocenters. The topological polar surface area (TPSA) is 69.4 Å². The van der Waals surface area contributed by atoms with Crippen LogP contribution in [0.5, 0.6) is 5.75 Å². The van der Waals surface area contributed by atoms with Crippen molar-refractivity contribution < 1.29 is 12.2 Å². The molecule has 66 valence electrons. The minimum atomic E-state index is -3.60. The molecule has 0 saturated heterocycles. The van der Waals surface area contributed by atoms with Crippen LogP contribution in [0.2, 0.25) is 0 Å². The van der Waals surface area contributed by atoms with Crippen LogP contribution >= 0.6 is 16.3 Å². The molecule has 0 spiro atoms. The minimum Gasteiger partial charge on any atom is -0.418 e. The second kappa shape index (κ2) is 3.42. The molecule has 0 aliphatic carbocycles. The molecule has 0 aliphatic heterocycles. The summed E-state index contributed by atoms with van der Waals surface area (Å²) in [7, 11) is -3.60. The van der Waals surface area contributed by atoms with E-state index < -0.39 is 10.0 Å². The van der Waals surface area contributed by atoms with E-state index >= 15 is 0 Å². The summed E-state index contributed by atoms with van der Waals surface area (Å²) in [6.07, 6.45) is 0. The minimum absolute atomic E-state index is 0.0656. The summed E-state index contributed by atoms with van der Waals surface area (Å²) in [4.78, 5) is 0.0656. The maximum Gasteiger partial charge on any atom is 0.238 e. The smallest absolute Gasteiger partial charge is 0.238 e. The van der Waals surface area contributed by atoms with E-state index in [2.05, 4.69) is 20.1 Å². The Balaban J connectivity index is 3.09. The van der Waals surface area contributed by atoms with Crippen molar-refractivity contribution in [2.45, 2.75) is 4.90 Å². The van der Waals surface area contributed by atoms with Gasteiger partial charge >= 0.3 is 0 Å². The molecule has 0 amide bonds.